The Hall–Kier alpha value is -2.92. The van der Waals surface area contributed by atoms with Crippen molar-refractivity contribution in [2.45, 2.75) is 6.92 Å². The van der Waals surface area contributed by atoms with Gasteiger partial charge in [-0.15, -0.1) is 0 Å². The van der Waals surface area contributed by atoms with Gasteiger partial charge in [-0.3, -0.25) is 9.89 Å². The number of benzene rings is 2. The lowest BCUT2D eigenvalue weighted by Crippen LogP contribution is -2.34. The summed E-state index contributed by atoms with van der Waals surface area (Å²) in [6.45, 7) is 5.86. The van der Waals surface area contributed by atoms with Crippen LogP contribution in [0.25, 0.3) is 18.3 Å². The van der Waals surface area contributed by atoms with Gasteiger partial charge in [0.25, 0.3) is 5.56 Å². The zero-order valence-corrected chi connectivity index (χ0v) is 14.6. The zero-order chi connectivity index (χ0) is 18.1. The lowest BCUT2D eigenvalue weighted by molar-refractivity contribution is 0.373. The Morgan fingerprint density at radius 3 is 2.76 bits per heavy atom. The molecule has 2 N–H and O–H groups in total. The summed E-state index contributed by atoms with van der Waals surface area (Å²) in [6, 6.07) is 10.5. The molecule has 0 fully saturated rings. The highest BCUT2D eigenvalue weighted by atomic mass is 35.5. The first-order valence-electron chi connectivity index (χ1n) is 7.56. The van der Waals surface area contributed by atoms with E-state index in [2.05, 4.69) is 11.7 Å². The van der Waals surface area contributed by atoms with Crippen molar-refractivity contribution >= 4 is 24.3 Å². The van der Waals surface area contributed by atoms with Crippen molar-refractivity contribution in [3.05, 3.63) is 73.5 Å². The molecule has 0 atom stereocenters. The molecule has 128 valence electrons. The summed E-state index contributed by atoms with van der Waals surface area (Å²) in [5, 5.41) is 13.9. The lowest BCUT2D eigenvalue weighted by Gasteiger charge is -2.05. The highest BCUT2D eigenvalue weighted by Gasteiger charge is 2.09. The fraction of sp³-hybridized carbons (Fsp3) is 0.105. The predicted octanol–water partition coefficient (Wildman–Crippen LogP) is 2.08. The van der Waals surface area contributed by atoms with Crippen LogP contribution in [0.4, 0.5) is 0 Å². The number of phenolic OH excluding ortho intramolecular Hbond substituents is 1. The maximum Gasteiger partial charge on any atom is 0.279 e. The molecular weight excluding hydrogens is 340 g/mol. The average molecular weight is 357 g/mol. The van der Waals surface area contributed by atoms with E-state index >= 15 is 0 Å². The van der Waals surface area contributed by atoms with Crippen LogP contribution < -0.4 is 20.9 Å². The fourth-order valence-electron chi connectivity index (χ4n) is 2.58. The number of nitrogens with one attached hydrogen (secondary N) is 1. The van der Waals surface area contributed by atoms with E-state index in [0.29, 0.717) is 21.2 Å². The standard InChI is InChI=1S/C19H17ClN2O3/c1-11-5-4-6-14(7-11)22-19(24)15(12(2)21-22)8-13-9-18(25-3)17(23)10-16(13)20/h4-10,21,23H,2H2,1,3H3/b15-8+. The summed E-state index contributed by atoms with van der Waals surface area (Å²) in [4.78, 5) is 12.8. The number of methoxy groups -OCH3 is 1. The molecule has 5 nitrogen and oxygen atoms in total. The molecule has 2 aromatic carbocycles. The molecule has 0 bridgehead atoms. The first kappa shape index (κ1) is 16.9. The number of halogens is 1. The summed E-state index contributed by atoms with van der Waals surface area (Å²) >= 11 is 6.17. The summed E-state index contributed by atoms with van der Waals surface area (Å²) in [7, 11) is 1.44. The van der Waals surface area contributed by atoms with Crippen LogP contribution in [0.1, 0.15) is 11.1 Å². The van der Waals surface area contributed by atoms with E-state index in [1.807, 2.05) is 31.2 Å². The number of aromatic nitrogens is 2. The van der Waals surface area contributed by atoms with Gasteiger partial charge in [0.15, 0.2) is 11.5 Å². The van der Waals surface area contributed by atoms with Gasteiger partial charge in [0, 0.05) is 6.07 Å². The second-order valence-electron chi connectivity index (χ2n) is 5.67. The molecule has 0 saturated carbocycles. The maximum absolute atomic E-state index is 12.8. The second kappa shape index (κ2) is 6.53. The number of aryl methyl sites for hydroxylation is 1. The topological polar surface area (TPSA) is 67.2 Å². The van der Waals surface area contributed by atoms with E-state index in [0.717, 1.165) is 11.3 Å². The Bertz CT molecular complexity index is 1110. The number of hydrogen-bond acceptors (Lipinski definition) is 3. The smallest absolute Gasteiger partial charge is 0.279 e. The highest BCUT2D eigenvalue weighted by molar-refractivity contribution is 6.32. The normalized spacial score (nSPS) is 11.7. The number of H-pyrrole nitrogens is 1. The van der Waals surface area contributed by atoms with Crippen LogP contribution in [0.5, 0.6) is 11.5 Å². The quantitative estimate of drug-likeness (QED) is 0.755. The van der Waals surface area contributed by atoms with E-state index in [1.54, 1.807) is 12.1 Å². The Morgan fingerprint density at radius 2 is 2.08 bits per heavy atom. The third kappa shape index (κ3) is 3.19. The van der Waals surface area contributed by atoms with E-state index in [9.17, 15) is 9.90 Å². The number of aromatic amines is 1. The molecule has 3 rings (SSSR count). The Kier molecular flexibility index (Phi) is 4.42. The Balaban J connectivity index is 2.22. The van der Waals surface area contributed by atoms with Crippen molar-refractivity contribution in [1.29, 1.82) is 0 Å². The molecular formula is C19H17ClN2O3. The molecule has 0 radical (unpaired) electrons. The van der Waals surface area contributed by atoms with E-state index in [-0.39, 0.29) is 17.1 Å². The molecule has 0 spiro atoms. The Morgan fingerprint density at radius 1 is 1.32 bits per heavy atom. The van der Waals surface area contributed by atoms with E-state index in [4.69, 9.17) is 16.3 Å². The van der Waals surface area contributed by atoms with E-state index < -0.39 is 0 Å². The number of phenols is 1. The molecule has 1 aromatic heterocycles. The molecule has 0 aliphatic heterocycles. The predicted molar refractivity (Wildman–Crippen MR) is 99.1 cm³/mol. The molecule has 3 aromatic rings. The number of rotatable bonds is 3. The summed E-state index contributed by atoms with van der Waals surface area (Å²) in [5.41, 5.74) is 2.08. The lowest BCUT2D eigenvalue weighted by atomic mass is 10.1. The summed E-state index contributed by atoms with van der Waals surface area (Å²) in [5.74, 6) is 0.210. The molecule has 0 unspecified atom stereocenters. The van der Waals surface area contributed by atoms with Gasteiger partial charge in [0.1, 0.15) is 0 Å². The minimum atomic E-state index is -0.237. The van der Waals surface area contributed by atoms with Crippen molar-refractivity contribution in [2.24, 2.45) is 0 Å². The van der Waals surface area contributed by atoms with Gasteiger partial charge in [0.05, 0.1) is 28.4 Å². The fourth-order valence-corrected chi connectivity index (χ4v) is 2.79. The number of aromatic hydroxyl groups is 1. The monoisotopic (exact) mass is 356 g/mol. The third-order valence-electron chi connectivity index (χ3n) is 3.86. The van der Waals surface area contributed by atoms with Gasteiger partial charge in [-0.25, -0.2) is 4.68 Å². The van der Waals surface area contributed by atoms with Gasteiger partial charge in [-0.1, -0.05) is 30.3 Å². The van der Waals surface area contributed by atoms with Gasteiger partial charge in [0.2, 0.25) is 0 Å². The van der Waals surface area contributed by atoms with Crippen LogP contribution >= 0.6 is 11.6 Å². The Labute approximate surface area is 149 Å². The number of nitrogens with zero attached hydrogens (tertiary/aromatic N) is 1. The SMILES string of the molecule is C=c1[nH]n(-c2cccc(C)c2)c(=O)/c1=C/c1cc(OC)c(O)cc1Cl. The van der Waals surface area contributed by atoms with Crippen molar-refractivity contribution in [3.8, 4) is 17.2 Å². The first-order valence-corrected chi connectivity index (χ1v) is 7.93. The summed E-state index contributed by atoms with van der Waals surface area (Å²) < 4.78 is 6.53. The zero-order valence-electron chi connectivity index (χ0n) is 13.8. The number of hydrogen-bond donors (Lipinski definition) is 2. The molecule has 25 heavy (non-hydrogen) atoms. The minimum absolute atomic E-state index is 0.0641. The van der Waals surface area contributed by atoms with Crippen molar-refractivity contribution in [3.63, 3.8) is 0 Å². The minimum Gasteiger partial charge on any atom is -0.504 e. The molecule has 0 aliphatic rings. The van der Waals surface area contributed by atoms with Crippen molar-refractivity contribution in [2.75, 3.05) is 7.11 Å². The molecule has 1 heterocycles. The first-order chi connectivity index (χ1) is 11.9. The van der Waals surface area contributed by atoms with Gasteiger partial charge in [-0.05, 0) is 42.3 Å². The average Bonchev–Trinajstić information content (AvgIpc) is 2.85. The van der Waals surface area contributed by atoms with Gasteiger partial charge in [-0.2, -0.15) is 0 Å². The van der Waals surface area contributed by atoms with Crippen LogP contribution in [0.15, 0.2) is 41.2 Å². The van der Waals surface area contributed by atoms with Crippen LogP contribution in [0.3, 0.4) is 0 Å². The summed E-state index contributed by atoms with van der Waals surface area (Å²) in [6.07, 6.45) is 1.62. The molecule has 0 amide bonds. The highest BCUT2D eigenvalue weighted by Crippen LogP contribution is 2.32. The van der Waals surface area contributed by atoms with E-state index in [1.165, 1.54) is 17.9 Å². The second-order valence-corrected chi connectivity index (χ2v) is 6.08. The van der Waals surface area contributed by atoms with Crippen molar-refractivity contribution < 1.29 is 9.84 Å². The van der Waals surface area contributed by atoms with Crippen molar-refractivity contribution in [1.82, 2.24) is 9.78 Å². The van der Waals surface area contributed by atoms with Gasteiger partial charge >= 0.3 is 0 Å². The number of ether oxygens (including phenoxy) is 1. The van der Waals surface area contributed by atoms with Crippen LogP contribution in [0, 0.1) is 6.92 Å². The largest absolute Gasteiger partial charge is 0.504 e. The van der Waals surface area contributed by atoms with Gasteiger partial charge < -0.3 is 9.84 Å². The maximum atomic E-state index is 12.8. The molecule has 6 heteroatoms. The van der Waals surface area contributed by atoms with Crippen LogP contribution in [-0.2, 0) is 0 Å². The third-order valence-corrected chi connectivity index (χ3v) is 4.19. The molecule has 0 saturated heterocycles. The molecule has 0 aliphatic carbocycles. The van der Waals surface area contributed by atoms with Crippen LogP contribution in [0.2, 0.25) is 5.02 Å². The van der Waals surface area contributed by atoms with Crippen LogP contribution in [-0.4, -0.2) is 22.0 Å².